The molecule has 0 radical (unpaired) electrons. The van der Waals surface area contributed by atoms with E-state index >= 15 is 0 Å². The van der Waals surface area contributed by atoms with Gasteiger partial charge in [-0.05, 0) is 26.2 Å². The minimum atomic E-state index is 0.419. The van der Waals surface area contributed by atoms with Crippen LogP contribution in [0.1, 0.15) is 46.1 Å². The Morgan fingerprint density at radius 1 is 1.17 bits per heavy atom. The average Bonchev–Trinajstić information content (AvgIpc) is 2.38. The zero-order valence-corrected chi connectivity index (χ0v) is 12.2. The first-order valence-corrected chi connectivity index (χ1v) is 6.92. The number of nitrogens with one attached hydrogen (secondary N) is 2. The largest absolute Gasteiger partial charge is 0.370 e. The van der Waals surface area contributed by atoms with Crippen molar-refractivity contribution >= 4 is 11.6 Å². The van der Waals surface area contributed by atoms with Crippen molar-refractivity contribution in [1.82, 2.24) is 9.97 Å². The molecule has 1 aromatic heterocycles. The van der Waals surface area contributed by atoms with Crippen LogP contribution in [0.3, 0.4) is 0 Å². The zero-order valence-electron chi connectivity index (χ0n) is 12.2. The van der Waals surface area contributed by atoms with Crippen molar-refractivity contribution in [2.24, 2.45) is 5.92 Å². The molecule has 0 spiro atoms. The fraction of sp³-hybridized carbons (Fsp3) is 0.714. The number of hydrogen-bond acceptors (Lipinski definition) is 4. The summed E-state index contributed by atoms with van der Waals surface area (Å²) in [5, 5.41) is 6.81. The normalized spacial score (nSPS) is 14.1. The average molecular weight is 250 g/mol. The Hall–Kier alpha value is -1.32. The maximum Gasteiger partial charge on any atom is 0.134 e. The second kappa shape index (κ2) is 7.19. The third-order valence-corrected chi connectivity index (χ3v) is 3.49. The number of nitrogens with zero attached hydrogens (tertiary/aromatic N) is 2. The van der Waals surface area contributed by atoms with E-state index in [0.717, 1.165) is 30.2 Å². The van der Waals surface area contributed by atoms with Gasteiger partial charge in [0.1, 0.15) is 18.0 Å². The fourth-order valence-corrected chi connectivity index (χ4v) is 1.73. The first kappa shape index (κ1) is 14.7. The Balaban J connectivity index is 2.77. The summed E-state index contributed by atoms with van der Waals surface area (Å²) in [6.07, 6.45) is 3.88. The van der Waals surface area contributed by atoms with Crippen molar-refractivity contribution in [1.29, 1.82) is 0 Å². The van der Waals surface area contributed by atoms with Crippen molar-refractivity contribution in [3.63, 3.8) is 0 Å². The van der Waals surface area contributed by atoms with Crippen molar-refractivity contribution < 1.29 is 0 Å². The summed E-state index contributed by atoms with van der Waals surface area (Å²) >= 11 is 0. The Morgan fingerprint density at radius 3 is 2.44 bits per heavy atom. The Kier molecular flexibility index (Phi) is 5.89. The highest BCUT2D eigenvalue weighted by Gasteiger charge is 2.13. The molecular weight excluding hydrogens is 224 g/mol. The number of anilines is 2. The molecule has 0 amide bonds. The van der Waals surface area contributed by atoms with Gasteiger partial charge in [0, 0.05) is 18.2 Å². The summed E-state index contributed by atoms with van der Waals surface area (Å²) in [6, 6.07) is 0.419. The van der Waals surface area contributed by atoms with Crippen molar-refractivity contribution in [2.45, 2.75) is 53.5 Å². The lowest BCUT2D eigenvalue weighted by atomic mass is 10.0. The quantitative estimate of drug-likeness (QED) is 0.778. The van der Waals surface area contributed by atoms with Crippen LogP contribution in [0.4, 0.5) is 11.6 Å². The maximum absolute atomic E-state index is 4.34. The molecule has 0 aromatic carbocycles. The lowest BCUT2D eigenvalue weighted by molar-refractivity contribution is 0.493. The van der Waals surface area contributed by atoms with E-state index in [2.05, 4.69) is 55.2 Å². The van der Waals surface area contributed by atoms with E-state index in [0.29, 0.717) is 12.0 Å². The minimum Gasteiger partial charge on any atom is -0.370 e. The smallest absolute Gasteiger partial charge is 0.134 e. The van der Waals surface area contributed by atoms with Gasteiger partial charge in [0.25, 0.3) is 0 Å². The van der Waals surface area contributed by atoms with E-state index in [1.807, 2.05) is 0 Å². The van der Waals surface area contributed by atoms with E-state index in [9.17, 15) is 0 Å². The second-order valence-corrected chi connectivity index (χ2v) is 4.94. The lowest BCUT2D eigenvalue weighted by Gasteiger charge is -2.22. The molecule has 4 nitrogen and oxygen atoms in total. The van der Waals surface area contributed by atoms with Crippen LogP contribution in [0, 0.1) is 12.8 Å². The molecule has 18 heavy (non-hydrogen) atoms. The molecule has 1 rings (SSSR count). The van der Waals surface area contributed by atoms with Crippen molar-refractivity contribution in [3.8, 4) is 0 Å². The fourth-order valence-electron chi connectivity index (χ4n) is 1.73. The molecule has 0 saturated heterocycles. The molecule has 1 heterocycles. The van der Waals surface area contributed by atoms with Gasteiger partial charge in [0.05, 0.1) is 0 Å². The predicted octanol–water partition coefficient (Wildman–Crippen LogP) is 3.45. The molecule has 0 saturated carbocycles. The van der Waals surface area contributed by atoms with E-state index in [-0.39, 0.29) is 0 Å². The van der Waals surface area contributed by atoms with Crippen molar-refractivity contribution in [2.75, 3.05) is 17.2 Å². The summed E-state index contributed by atoms with van der Waals surface area (Å²) in [5.74, 6) is 2.51. The van der Waals surface area contributed by atoms with Gasteiger partial charge in [0.15, 0.2) is 0 Å². The summed E-state index contributed by atoms with van der Waals surface area (Å²) in [4.78, 5) is 8.63. The standard InChI is InChI=1S/C14H26N4/c1-6-8-15-13-11(4)14(17-9-16-13)18-12(5)10(3)7-2/h9-10,12H,6-8H2,1-5H3,(H2,15,16,17,18). The number of rotatable bonds is 7. The molecule has 2 atom stereocenters. The maximum atomic E-state index is 4.34. The van der Waals surface area contributed by atoms with Gasteiger partial charge >= 0.3 is 0 Å². The second-order valence-electron chi connectivity index (χ2n) is 4.94. The van der Waals surface area contributed by atoms with Crippen LogP contribution in [-0.2, 0) is 0 Å². The monoisotopic (exact) mass is 250 g/mol. The molecule has 4 heteroatoms. The van der Waals surface area contributed by atoms with E-state index in [1.54, 1.807) is 6.33 Å². The molecule has 102 valence electrons. The summed E-state index contributed by atoms with van der Waals surface area (Å²) < 4.78 is 0. The van der Waals surface area contributed by atoms with Crippen molar-refractivity contribution in [3.05, 3.63) is 11.9 Å². The molecule has 2 N–H and O–H groups in total. The van der Waals surface area contributed by atoms with Crippen LogP contribution in [0.5, 0.6) is 0 Å². The molecule has 2 unspecified atom stereocenters. The molecule has 0 aliphatic rings. The highest BCUT2D eigenvalue weighted by Crippen LogP contribution is 2.20. The summed E-state index contributed by atoms with van der Waals surface area (Å²) in [6.45, 7) is 11.8. The van der Waals surface area contributed by atoms with Crippen LogP contribution >= 0.6 is 0 Å². The number of aromatic nitrogens is 2. The van der Waals surface area contributed by atoms with Crippen LogP contribution in [0.2, 0.25) is 0 Å². The van der Waals surface area contributed by atoms with E-state index < -0.39 is 0 Å². The van der Waals surface area contributed by atoms with Crippen LogP contribution in [-0.4, -0.2) is 22.6 Å². The zero-order chi connectivity index (χ0) is 13.5. The van der Waals surface area contributed by atoms with Crippen LogP contribution in [0.25, 0.3) is 0 Å². The van der Waals surface area contributed by atoms with Gasteiger partial charge in [-0.15, -0.1) is 0 Å². The molecular formula is C14H26N4. The Morgan fingerprint density at radius 2 is 1.83 bits per heavy atom. The molecule has 0 aliphatic carbocycles. The SMILES string of the molecule is CCCNc1ncnc(NC(C)C(C)CC)c1C. The molecule has 0 fully saturated rings. The third kappa shape index (κ3) is 3.86. The van der Waals surface area contributed by atoms with Gasteiger partial charge in [-0.3, -0.25) is 0 Å². The first-order chi connectivity index (χ1) is 8.60. The van der Waals surface area contributed by atoms with Gasteiger partial charge in [-0.1, -0.05) is 27.2 Å². The van der Waals surface area contributed by atoms with E-state index in [4.69, 9.17) is 0 Å². The summed E-state index contributed by atoms with van der Waals surface area (Å²) in [7, 11) is 0. The highest BCUT2D eigenvalue weighted by atomic mass is 15.1. The predicted molar refractivity (Wildman–Crippen MR) is 78.1 cm³/mol. The van der Waals surface area contributed by atoms with E-state index in [1.165, 1.54) is 6.42 Å². The molecule has 1 aromatic rings. The topological polar surface area (TPSA) is 49.8 Å². The Labute approximate surface area is 111 Å². The molecule has 0 bridgehead atoms. The van der Waals surface area contributed by atoms with Gasteiger partial charge in [0.2, 0.25) is 0 Å². The van der Waals surface area contributed by atoms with Gasteiger partial charge in [-0.2, -0.15) is 0 Å². The van der Waals surface area contributed by atoms with Crippen LogP contribution < -0.4 is 10.6 Å². The minimum absolute atomic E-state index is 0.419. The Bertz CT molecular complexity index is 365. The third-order valence-electron chi connectivity index (χ3n) is 3.49. The lowest BCUT2D eigenvalue weighted by Crippen LogP contribution is -2.24. The van der Waals surface area contributed by atoms with Crippen LogP contribution in [0.15, 0.2) is 6.33 Å². The first-order valence-electron chi connectivity index (χ1n) is 6.92. The van der Waals surface area contributed by atoms with Gasteiger partial charge in [-0.25, -0.2) is 9.97 Å². The summed E-state index contributed by atoms with van der Waals surface area (Å²) in [5.41, 5.74) is 1.10. The highest BCUT2D eigenvalue weighted by molar-refractivity contribution is 5.56. The molecule has 0 aliphatic heterocycles. The number of hydrogen-bond donors (Lipinski definition) is 2. The van der Waals surface area contributed by atoms with Gasteiger partial charge < -0.3 is 10.6 Å².